The number of rotatable bonds is 5. The average Bonchev–Trinajstić information content (AvgIpc) is 2.74. The maximum absolute atomic E-state index is 12.4. The Bertz CT molecular complexity index is 1080. The molecular weight excluding hydrogens is 372 g/mol. The van der Waals surface area contributed by atoms with Crippen molar-refractivity contribution >= 4 is 22.9 Å². The van der Waals surface area contributed by atoms with Crippen LogP contribution >= 0.6 is 0 Å². The van der Waals surface area contributed by atoms with E-state index in [0.717, 1.165) is 10.8 Å². The van der Waals surface area contributed by atoms with Crippen LogP contribution in [-0.4, -0.2) is 36.5 Å². The van der Waals surface area contributed by atoms with Crippen LogP contribution in [0, 0.1) is 0 Å². The molecule has 1 amide bonds. The molecule has 0 bridgehead atoms. The van der Waals surface area contributed by atoms with Crippen LogP contribution in [0.5, 0.6) is 23.0 Å². The first-order chi connectivity index (χ1) is 14.2. The summed E-state index contributed by atoms with van der Waals surface area (Å²) >= 11 is 0. The summed E-state index contributed by atoms with van der Waals surface area (Å²) in [5, 5.41) is 16.1. The van der Waals surface area contributed by atoms with Gasteiger partial charge in [0.05, 0.1) is 12.8 Å². The Kier molecular flexibility index (Phi) is 5.20. The second-order valence-corrected chi connectivity index (χ2v) is 6.42. The fraction of sp³-hybridized carbons (Fsp3) is 0.182. The van der Waals surface area contributed by atoms with Gasteiger partial charge in [-0.05, 0) is 42.0 Å². The predicted octanol–water partition coefficient (Wildman–Crippen LogP) is 3.23. The second-order valence-electron chi connectivity index (χ2n) is 6.42. The molecule has 1 atom stereocenters. The zero-order valence-electron chi connectivity index (χ0n) is 15.8. The lowest BCUT2D eigenvalue weighted by Crippen LogP contribution is -2.42. The van der Waals surface area contributed by atoms with E-state index in [9.17, 15) is 9.90 Å². The zero-order chi connectivity index (χ0) is 20.2. The number of aromatic hydroxyl groups is 1. The summed E-state index contributed by atoms with van der Waals surface area (Å²) in [5.41, 5.74) is 2.85. The highest BCUT2D eigenvalue weighted by Crippen LogP contribution is 2.35. The van der Waals surface area contributed by atoms with Crippen molar-refractivity contribution in [2.24, 2.45) is 5.10 Å². The Labute approximate surface area is 167 Å². The first-order valence-corrected chi connectivity index (χ1v) is 9.25. The standard InChI is InChI=1S/C22H20N2O5/c1-2-27-17-9-5-8-16(21(17)25)12-23-24-22(26)20-13-28-18-10-14-6-3-4-7-15(14)11-19(18)29-20/h3-12,20,25H,2,13H2,1H3,(H,24,26)/b23-12+/t20-/m0/s1. The number of hydrogen-bond acceptors (Lipinski definition) is 6. The van der Waals surface area contributed by atoms with Crippen molar-refractivity contribution < 1.29 is 24.1 Å². The maximum atomic E-state index is 12.4. The van der Waals surface area contributed by atoms with Gasteiger partial charge < -0.3 is 19.3 Å². The Balaban J connectivity index is 1.43. The third kappa shape index (κ3) is 3.94. The van der Waals surface area contributed by atoms with Crippen LogP contribution in [0.1, 0.15) is 12.5 Å². The van der Waals surface area contributed by atoms with Gasteiger partial charge in [0.2, 0.25) is 6.10 Å². The number of para-hydroxylation sites is 1. The number of nitrogens with zero attached hydrogens (tertiary/aromatic N) is 1. The molecule has 2 N–H and O–H groups in total. The highest BCUT2D eigenvalue weighted by atomic mass is 16.6. The van der Waals surface area contributed by atoms with Crippen LogP contribution in [-0.2, 0) is 4.79 Å². The van der Waals surface area contributed by atoms with E-state index < -0.39 is 12.0 Å². The quantitative estimate of drug-likeness (QED) is 0.514. The Morgan fingerprint density at radius 2 is 1.97 bits per heavy atom. The second kappa shape index (κ2) is 8.10. The molecule has 0 fully saturated rings. The van der Waals surface area contributed by atoms with E-state index in [-0.39, 0.29) is 12.4 Å². The summed E-state index contributed by atoms with van der Waals surface area (Å²) in [7, 11) is 0. The average molecular weight is 392 g/mol. The van der Waals surface area contributed by atoms with Gasteiger partial charge in [-0.3, -0.25) is 4.79 Å². The summed E-state index contributed by atoms with van der Waals surface area (Å²) < 4.78 is 16.8. The molecule has 7 nitrogen and oxygen atoms in total. The van der Waals surface area contributed by atoms with Gasteiger partial charge in [0.25, 0.3) is 5.91 Å². The molecule has 7 heteroatoms. The normalized spacial score (nSPS) is 15.4. The van der Waals surface area contributed by atoms with E-state index >= 15 is 0 Å². The molecule has 0 radical (unpaired) electrons. The van der Waals surface area contributed by atoms with Gasteiger partial charge in [0, 0.05) is 5.56 Å². The number of nitrogens with one attached hydrogen (secondary N) is 1. The molecule has 148 valence electrons. The molecule has 29 heavy (non-hydrogen) atoms. The Hall–Kier alpha value is -3.74. The zero-order valence-corrected chi connectivity index (χ0v) is 15.8. The Morgan fingerprint density at radius 3 is 2.72 bits per heavy atom. The van der Waals surface area contributed by atoms with Crippen molar-refractivity contribution in [1.29, 1.82) is 0 Å². The summed E-state index contributed by atoms with van der Waals surface area (Å²) in [6.45, 7) is 2.34. The molecule has 0 saturated heterocycles. The van der Waals surface area contributed by atoms with E-state index in [1.165, 1.54) is 6.21 Å². The van der Waals surface area contributed by atoms with Crippen molar-refractivity contribution in [1.82, 2.24) is 5.43 Å². The Morgan fingerprint density at radius 1 is 1.21 bits per heavy atom. The first-order valence-electron chi connectivity index (χ1n) is 9.25. The summed E-state index contributed by atoms with van der Waals surface area (Å²) in [4.78, 5) is 12.4. The molecule has 0 aromatic heterocycles. The van der Waals surface area contributed by atoms with Gasteiger partial charge in [-0.25, -0.2) is 5.43 Å². The molecule has 0 saturated carbocycles. The van der Waals surface area contributed by atoms with Gasteiger partial charge >= 0.3 is 0 Å². The van der Waals surface area contributed by atoms with Crippen LogP contribution in [0.15, 0.2) is 59.7 Å². The molecular formula is C22H20N2O5. The highest BCUT2D eigenvalue weighted by molar-refractivity contribution is 5.89. The highest BCUT2D eigenvalue weighted by Gasteiger charge is 2.27. The van der Waals surface area contributed by atoms with E-state index in [1.807, 2.05) is 43.3 Å². The minimum atomic E-state index is -0.829. The number of benzene rings is 3. The number of fused-ring (bicyclic) bond motifs is 2. The fourth-order valence-electron chi connectivity index (χ4n) is 3.04. The minimum Gasteiger partial charge on any atom is -0.504 e. The third-order valence-corrected chi connectivity index (χ3v) is 4.47. The van der Waals surface area contributed by atoms with E-state index in [2.05, 4.69) is 10.5 Å². The van der Waals surface area contributed by atoms with Gasteiger partial charge in [0.15, 0.2) is 23.0 Å². The number of carbonyl (C=O) groups is 1. The van der Waals surface area contributed by atoms with E-state index in [1.54, 1.807) is 18.2 Å². The number of amides is 1. The molecule has 1 aliphatic heterocycles. The van der Waals surface area contributed by atoms with Crippen LogP contribution in [0.4, 0.5) is 0 Å². The molecule has 1 aliphatic rings. The van der Waals surface area contributed by atoms with Gasteiger partial charge in [-0.2, -0.15) is 5.10 Å². The number of phenols is 1. The lowest BCUT2D eigenvalue weighted by Gasteiger charge is -2.25. The molecule has 4 rings (SSSR count). The topological polar surface area (TPSA) is 89.4 Å². The number of phenolic OH excluding ortho intramolecular Hbond substituents is 1. The van der Waals surface area contributed by atoms with Crippen molar-refractivity contribution in [2.75, 3.05) is 13.2 Å². The summed E-state index contributed by atoms with van der Waals surface area (Å²) in [6.07, 6.45) is 0.519. The maximum Gasteiger partial charge on any atom is 0.284 e. The van der Waals surface area contributed by atoms with Gasteiger partial charge in [-0.15, -0.1) is 0 Å². The number of ether oxygens (including phenoxy) is 3. The number of carbonyl (C=O) groups excluding carboxylic acids is 1. The van der Waals surface area contributed by atoms with E-state index in [0.29, 0.717) is 29.4 Å². The van der Waals surface area contributed by atoms with Crippen molar-refractivity contribution in [3.8, 4) is 23.0 Å². The lowest BCUT2D eigenvalue weighted by molar-refractivity contribution is -0.130. The van der Waals surface area contributed by atoms with E-state index in [4.69, 9.17) is 14.2 Å². The SMILES string of the molecule is CCOc1cccc(/C=N/NC(=O)[C@@H]2COc3cc4ccccc4cc3O2)c1O. The number of hydrazone groups is 1. The van der Waals surface area contributed by atoms with Gasteiger partial charge in [-0.1, -0.05) is 30.3 Å². The minimum absolute atomic E-state index is 0.0367. The predicted molar refractivity (Wildman–Crippen MR) is 109 cm³/mol. The van der Waals surface area contributed by atoms with Crippen LogP contribution in [0.3, 0.4) is 0 Å². The lowest BCUT2D eigenvalue weighted by atomic mass is 10.1. The monoisotopic (exact) mass is 392 g/mol. The summed E-state index contributed by atoms with van der Waals surface area (Å²) in [5.74, 6) is 0.997. The van der Waals surface area contributed by atoms with Gasteiger partial charge in [0.1, 0.15) is 6.61 Å². The van der Waals surface area contributed by atoms with Crippen molar-refractivity contribution in [3.63, 3.8) is 0 Å². The molecule has 1 heterocycles. The molecule has 0 spiro atoms. The summed E-state index contributed by atoms with van der Waals surface area (Å²) in [6, 6.07) is 16.6. The van der Waals surface area contributed by atoms with Crippen LogP contribution in [0.25, 0.3) is 10.8 Å². The first kappa shape index (κ1) is 18.6. The fourth-order valence-corrected chi connectivity index (χ4v) is 3.04. The van der Waals surface area contributed by atoms with Crippen molar-refractivity contribution in [3.05, 3.63) is 60.2 Å². The van der Waals surface area contributed by atoms with Crippen LogP contribution in [0.2, 0.25) is 0 Å². The number of hydrogen-bond donors (Lipinski definition) is 2. The smallest absolute Gasteiger partial charge is 0.284 e. The molecule has 3 aromatic rings. The molecule has 3 aromatic carbocycles. The molecule has 0 unspecified atom stereocenters. The molecule has 0 aliphatic carbocycles. The van der Waals surface area contributed by atoms with Crippen LogP contribution < -0.4 is 19.6 Å². The van der Waals surface area contributed by atoms with Crippen molar-refractivity contribution in [2.45, 2.75) is 13.0 Å². The largest absolute Gasteiger partial charge is 0.504 e. The third-order valence-electron chi connectivity index (χ3n) is 4.47.